The predicted molar refractivity (Wildman–Crippen MR) is 119 cm³/mol. The zero-order valence-corrected chi connectivity index (χ0v) is 17.7. The molecule has 7 nitrogen and oxygen atoms in total. The van der Waals surface area contributed by atoms with Gasteiger partial charge in [-0.05, 0) is 54.4 Å². The molecule has 0 unspecified atom stereocenters. The standard InChI is InChI=1S/C23H20F3N5O2/c1-13-3-5-16-21(30-19(28-16)11-14-7-9-27-10-8-14)20(13)31-22(32)29-17-12-15(23(24,25)26)4-6-18(17)33-2/h3-10,12H,11H2,1-2H3,(H,28,30)(H2,29,31,32). The number of hydrogen-bond acceptors (Lipinski definition) is 4. The van der Waals surface area contributed by atoms with Crippen molar-refractivity contribution in [1.29, 1.82) is 0 Å². The maximum absolute atomic E-state index is 13.1. The summed E-state index contributed by atoms with van der Waals surface area (Å²) in [6.45, 7) is 1.80. The van der Waals surface area contributed by atoms with E-state index >= 15 is 0 Å². The first-order chi connectivity index (χ1) is 15.7. The van der Waals surface area contributed by atoms with Crippen LogP contribution in [0.4, 0.5) is 29.3 Å². The second-order valence-electron chi connectivity index (χ2n) is 7.36. The molecule has 170 valence electrons. The molecule has 0 fully saturated rings. The molecule has 0 saturated heterocycles. The van der Waals surface area contributed by atoms with E-state index in [1.54, 1.807) is 19.3 Å². The number of fused-ring (bicyclic) bond motifs is 1. The lowest BCUT2D eigenvalue weighted by atomic mass is 10.1. The van der Waals surface area contributed by atoms with Crippen LogP contribution in [0.2, 0.25) is 0 Å². The van der Waals surface area contributed by atoms with Crippen LogP contribution in [-0.4, -0.2) is 28.1 Å². The Kier molecular flexibility index (Phi) is 5.91. The van der Waals surface area contributed by atoms with Crippen LogP contribution in [0.5, 0.6) is 5.75 Å². The number of pyridine rings is 1. The number of carbonyl (C=O) groups excluding carboxylic acids is 1. The maximum Gasteiger partial charge on any atom is 0.416 e. The second kappa shape index (κ2) is 8.81. The Morgan fingerprint density at radius 3 is 2.55 bits per heavy atom. The van der Waals surface area contributed by atoms with E-state index in [1.165, 1.54) is 7.11 Å². The van der Waals surface area contributed by atoms with Gasteiger partial charge in [0.05, 0.1) is 29.6 Å². The topological polar surface area (TPSA) is 91.9 Å². The van der Waals surface area contributed by atoms with Crippen LogP contribution in [0.25, 0.3) is 11.0 Å². The molecule has 4 rings (SSSR count). The fourth-order valence-corrected chi connectivity index (χ4v) is 3.41. The number of halogens is 3. The van der Waals surface area contributed by atoms with Gasteiger partial charge in [-0.2, -0.15) is 13.2 Å². The zero-order chi connectivity index (χ0) is 23.6. The number of H-pyrrole nitrogens is 1. The largest absolute Gasteiger partial charge is 0.495 e. The first kappa shape index (κ1) is 22.1. The summed E-state index contributed by atoms with van der Waals surface area (Å²) in [5.41, 5.74) is 2.48. The van der Waals surface area contributed by atoms with Crippen molar-refractivity contribution < 1.29 is 22.7 Å². The Bertz CT molecular complexity index is 1300. The number of carbonyl (C=O) groups is 1. The third-order valence-electron chi connectivity index (χ3n) is 5.05. The number of nitrogens with one attached hydrogen (secondary N) is 3. The third kappa shape index (κ3) is 4.89. The summed E-state index contributed by atoms with van der Waals surface area (Å²) < 4.78 is 44.4. The van der Waals surface area contributed by atoms with Crippen molar-refractivity contribution in [3.63, 3.8) is 0 Å². The number of aromatic nitrogens is 3. The number of rotatable bonds is 5. The van der Waals surface area contributed by atoms with E-state index < -0.39 is 17.8 Å². The van der Waals surface area contributed by atoms with Gasteiger partial charge in [0.1, 0.15) is 17.1 Å². The van der Waals surface area contributed by atoms with Crippen LogP contribution in [-0.2, 0) is 12.6 Å². The van der Waals surface area contributed by atoms with Crippen LogP contribution in [0.1, 0.15) is 22.5 Å². The van der Waals surface area contributed by atoms with Gasteiger partial charge >= 0.3 is 12.2 Å². The molecule has 2 heterocycles. The van der Waals surface area contributed by atoms with Crippen LogP contribution in [0.3, 0.4) is 0 Å². The van der Waals surface area contributed by atoms with E-state index in [9.17, 15) is 18.0 Å². The lowest BCUT2D eigenvalue weighted by Crippen LogP contribution is -2.21. The molecule has 0 bridgehead atoms. The van der Waals surface area contributed by atoms with Crippen LogP contribution in [0.15, 0.2) is 54.9 Å². The average molecular weight is 455 g/mol. The summed E-state index contributed by atoms with van der Waals surface area (Å²) in [5.74, 6) is 0.803. The normalized spacial score (nSPS) is 11.4. The Morgan fingerprint density at radius 1 is 1.09 bits per heavy atom. The number of alkyl halides is 3. The van der Waals surface area contributed by atoms with Gasteiger partial charge in [-0.25, -0.2) is 9.78 Å². The fraction of sp³-hybridized carbons (Fsp3) is 0.174. The van der Waals surface area contributed by atoms with Crippen LogP contribution in [0, 0.1) is 6.92 Å². The van der Waals surface area contributed by atoms with Crippen LogP contribution >= 0.6 is 0 Å². The highest BCUT2D eigenvalue weighted by Gasteiger charge is 2.31. The van der Waals surface area contributed by atoms with Crippen molar-refractivity contribution in [2.24, 2.45) is 0 Å². The number of aryl methyl sites for hydroxylation is 1. The van der Waals surface area contributed by atoms with Gasteiger partial charge in [-0.1, -0.05) is 6.07 Å². The van der Waals surface area contributed by atoms with Gasteiger partial charge in [-0.3, -0.25) is 4.98 Å². The number of imidazole rings is 1. The van der Waals surface area contributed by atoms with E-state index in [4.69, 9.17) is 4.74 Å². The second-order valence-corrected chi connectivity index (χ2v) is 7.36. The van der Waals surface area contributed by atoms with E-state index in [0.717, 1.165) is 34.8 Å². The molecule has 2 amide bonds. The number of hydrogen-bond donors (Lipinski definition) is 3. The summed E-state index contributed by atoms with van der Waals surface area (Å²) in [4.78, 5) is 24.5. The van der Waals surface area contributed by atoms with E-state index in [2.05, 4.69) is 25.6 Å². The van der Waals surface area contributed by atoms with Crippen molar-refractivity contribution in [3.05, 3.63) is 77.4 Å². The quantitative estimate of drug-likeness (QED) is 0.369. The summed E-state index contributed by atoms with van der Waals surface area (Å²) in [6, 6.07) is 9.59. The van der Waals surface area contributed by atoms with Gasteiger partial charge in [0, 0.05) is 18.8 Å². The molecule has 10 heteroatoms. The van der Waals surface area contributed by atoms with Gasteiger partial charge in [0.25, 0.3) is 0 Å². The Balaban J connectivity index is 1.60. The molecule has 0 radical (unpaired) electrons. The molecular weight excluding hydrogens is 435 g/mol. The van der Waals surface area contributed by atoms with Gasteiger partial charge in [-0.15, -0.1) is 0 Å². The first-order valence-electron chi connectivity index (χ1n) is 9.95. The molecule has 0 spiro atoms. The number of nitrogens with zero attached hydrogens (tertiary/aromatic N) is 2. The minimum atomic E-state index is -4.55. The molecule has 2 aromatic carbocycles. The SMILES string of the molecule is COc1ccc(C(F)(F)F)cc1NC(=O)Nc1c(C)ccc2[nH]c(Cc3ccncc3)nc12. The number of methoxy groups -OCH3 is 1. The van der Waals surface area contributed by atoms with Crippen molar-refractivity contribution >= 4 is 28.4 Å². The van der Waals surface area contributed by atoms with Crippen molar-refractivity contribution in [1.82, 2.24) is 15.0 Å². The first-order valence-corrected chi connectivity index (χ1v) is 9.95. The minimum absolute atomic E-state index is 0.102. The molecule has 0 aliphatic rings. The number of benzene rings is 2. The van der Waals surface area contributed by atoms with Crippen LogP contribution < -0.4 is 15.4 Å². The highest BCUT2D eigenvalue weighted by atomic mass is 19.4. The molecule has 0 atom stereocenters. The smallest absolute Gasteiger partial charge is 0.416 e. The third-order valence-corrected chi connectivity index (χ3v) is 5.05. The molecule has 0 aliphatic carbocycles. The molecule has 2 aromatic heterocycles. The Labute approximate surface area is 187 Å². The molecule has 3 N–H and O–H groups in total. The van der Waals surface area contributed by atoms with Crippen molar-refractivity contribution in [2.75, 3.05) is 17.7 Å². The Hall–Kier alpha value is -4.08. The van der Waals surface area contributed by atoms with E-state index in [0.29, 0.717) is 23.4 Å². The molecule has 0 saturated carbocycles. The monoisotopic (exact) mass is 455 g/mol. The summed E-state index contributed by atoms with van der Waals surface area (Å²) in [5, 5.41) is 5.15. The van der Waals surface area contributed by atoms with Gasteiger partial charge < -0.3 is 20.4 Å². The molecule has 4 aromatic rings. The maximum atomic E-state index is 13.1. The molecule has 0 aliphatic heterocycles. The summed E-state index contributed by atoms with van der Waals surface area (Å²) >= 11 is 0. The van der Waals surface area contributed by atoms with Gasteiger partial charge in [0.15, 0.2) is 0 Å². The highest BCUT2D eigenvalue weighted by molar-refractivity contribution is 6.06. The molecule has 33 heavy (non-hydrogen) atoms. The van der Waals surface area contributed by atoms with Crippen molar-refractivity contribution in [3.8, 4) is 5.75 Å². The number of anilines is 2. The Morgan fingerprint density at radius 2 is 1.85 bits per heavy atom. The predicted octanol–water partition coefficient (Wildman–Crippen LogP) is 5.53. The number of aromatic amines is 1. The summed E-state index contributed by atoms with van der Waals surface area (Å²) in [6.07, 6.45) is -0.617. The number of amides is 2. The average Bonchev–Trinajstić information content (AvgIpc) is 3.18. The lowest BCUT2D eigenvalue weighted by molar-refractivity contribution is -0.137. The number of ether oxygens (including phenoxy) is 1. The van der Waals surface area contributed by atoms with E-state index in [1.807, 2.05) is 24.3 Å². The summed E-state index contributed by atoms with van der Waals surface area (Å²) in [7, 11) is 1.31. The zero-order valence-electron chi connectivity index (χ0n) is 17.7. The van der Waals surface area contributed by atoms with Crippen molar-refractivity contribution in [2.45, 2.75) is 19.5 Å². The number of urea groups is 1. The minimum Gasteiger partial charge on any atom is -0.495 e. The molecular formula is C23H20F3N5O2. The fourth-order valence-electron chi connectivity index (χ4n) is 3.41. The lowest BCUT2D eigenvalue weighted by Gasteiger charge is -2.15. The van der Waals surface area contributed by atoms with Gasteiger partial charge in [0.2, 0.25) is 0 Å². The van der Waals surface area contributed by atoms with E-state index in [-0.39, 0.29) is 11.4 Å². The highest BCUT2D eigenvalue weighted by Crippen LogP contribution is 2.35.